The number of amides is 1. The highest BCUT2D eigenvalue weighted by atomic mass is 16.6. The monoisotopic (exact) mass is 320 g/mol. The Labute approximate surface area is 138 Å². The van der Waals surface area contributed by atoms with E-state index < -0.39 is 5.60 Å². The van der Waals surface area contributed by atoms with E-state index in [-0.39, 0.29) is 6.09 Å². The fourth-order valence-electron chi connectivity index (χ4n) is 2.96. The van der Waals surface area contributed by atoms with Gasteiger partial charge in [0.1, 0.15) is 11.4 Å². The Morgan fingerprint density at radius 2 is 2.09 bits per heavy atom. The molecule has 6 heteroatoms. The molecule has 0 spiro atoms. The smallest absolute Gasteiger partial charge is 0.410 e. The molecule has 1 aromatic heterocycles. The summed E-state index contributed by atoms with van der Waals surface area (Å²) in [6, 6.07) is 0. The highest BCUT2D eigenvalue weighted by Gasteiger charge is 2.28. The van der Waals surface area contributed by atoms with Crippen LogP contribution in [0.15, 0.2) is 12.4 Å². The fraction of sp³-hybridized carbons (Fsp3) is 0.706. The topological polar surface area (TPSA) is 58.6 Å². The summed E-state index contributed by atoms with van der Waals surface area (Å²) in [5.41, 5.74) is 0.479. The van der Waals surface area contributed by atoms with Crippen molar-refractivity contribution in [2.24, 2.45) is 5.92 Å². The molecule has 2 heterocycles. The molecule has 23 heavy (non-hydrogen) atoms. The number of piperidine rings is 1. The number of anilines is 1. The van der Waals surface area contributed by atoms with Crippen molar-refractivity contribution in [3.8, 4) is 0 Å². The van der Waals surface area contributed by atoms with Crippen molar-refractivity contribution in [3.63, 3.8) is 0 Å². The highest BCUT2D eigenvalue weighted by molar-refractivity contribution is 5.68. The lowest BCUT2D eigenvalue weighted by molar-refractivity contribution is 0.0170. The molecule has 1 amide bonds. The number of carbonyl (C=O) groups is 1. The third kappa shape index (κ3) is 5.08. The number of likely N-dealkylation sites (tertiary alicyclic amines) is 1. The molecule has 1 fully saturated rings. The van der Waals surface area contributed by atoms with Crippen molar-refractivity contribution in [3.05, 3.63) is 18.1 Å². The first-order valence-corrected chi connectivity index (χ1v) is 8.23. The van der Waals surface area contributed by atoms with Crippen molar-refractivity contribution in [1.82, 2.24) is 14.9 Å². The Hall–Kier alpha value is -1.85. The predicted molar refractivity (Wildman–Crippen MR) is 90.6 cm³/mol. The Kier molecular flexibility index (Phi) is 5.44. The van der Waals surface area contributed by atoms with Crippen LogP contribution in [0.4, 0.5) is 10.6 Å². The van der Waals surface area contributed by atoms with E-state index in [0.717, 1.165) is 44.0 Å². The number of ether oxygens (including phenoxy) is 1. The van der Waals surface area contributed by atoms with Gasteiger partial charge in [0.15, 0.2) is 0 Å². The summed E-state index contributed by atoms with van der Waals surface area (Å²) in [4.78, 5) is 24.9. The minimum absolute atomic E-state index is 0.208. The summed E-state index contributed by atoms with van der Waals surface area (Å²) in [5, 5.41) is 0. The molecular weight excluding hydrogens is 292 g/mol. The lowest BCUT2D eigenvalue weighted by Crippen LogP contribution is -2.45. The van der Waals surface area contributed by atoms with Gasteiger partial charge in [-0.3, -0.25) is 4.98 Å². The van der Waals surface area contributed by atoms with E-state index in [2.05, 4.69) is 14.9 Å². The zero-order valence-corrected chi connectivity index (χ0v) is 14.9. The van der Waals surface area contributed by atoms with Crippen LogP contribution in [0.25, 0.3) is 0 Å². The van der Waals surface area contributed by atoms with Gasteiger partial charge in [-0.2, -0.15) is 0 Å². The molecule has 0 radical (unpaired) electrons. The van der Waals surface area contributed by atoms with Gasteiger partial charge in [-0.15, -0.1) is 0 Å². The maximum atomic E-state index is 12.2. The summed E-state index contributed by atoms with van der Waals surface area (Å²) in [6.07, 6.45) is 5.34. The fourth-order valence-corrected chi connectivity index (χ4v) is 2.96. The average molecular weight is 320 g/mol. The van der Waals surface area contributed by atoms with Crippen molar-refractivity contribution >= 4 is 11.9 Å². The third-order valence-electron chi connectivity index (χ3n) is 3.92. The van der Waals surface area contributed by atoms with Crippen LogP contribution < -0.4 is 4.90 Å². The van der Waals surface area contributed by atoms with E-state index in [4.69, 9.17) is 4.74 Å². The minimum Gasteiger partial charge on any atom is -0.444 e. The van der Waals surface area contributed by atoms with E-state index in [9.17, 15) is 4.79 Å². The molecule has 0 saturated carbocycles. The number of aromatic nitrogens is 2. The molecule has 0 bridgehead atoms. The maximum absolute atomic E-state index is 12.2. The van der Waals surface area contributed by atoms with Gasteiger partial charge in [-0.25, -0.2) is 9.78 Å². The van der Waals surface area contributed by atoms with Crippen molar-refractivity contribution in [2.45, 2.75) is 46.1 Å². The molecule has 128 valence electrons. The van der Waals surface area contributed by atoms with Gasteiger partial charge in [0.2, 0.25) is 0 Å². The summed E-state index contributed by atoms with van der Waals surface area (Å²) < 4.78 is 5.49. The molecule has 1 aliphatic heterocycles. The van der Waals surface area contributed by atoms with Gasteiger partial charge in [-0.1, -0.05) is 0 Å². The summed E-state index contributed by atoms with van der Waals surface area (Å²) >= 11 is 0. The van der Waals surface area contributed by atoms with E-state index in [1.54, 1.807) is 12.4 Å². The molecule has 1 aliphatic rings. The van der Waals surface area contributed by atoms with Crippen LogP contribution in [0.5, 0.6) is 0 Å². The van der Waals surface area contributed by atoms with E-state index in [0.29, 0.717) is 5.92 Å². The first-order valence-electron chi connectivity index (χ1n) is 8.23. The van der Waals surface area contributed by atoms with Gasteiger partial charge in [0.25, 0.3) is 0 Å². The summed E-state index contributed by atoms with van der Waals surface area (Å²) in [7, 11) is 2.03. The second-order valence-electron chi connectivity index (χ2n) is 7.28. The molecule has 6 nitrogen and oxygen atoms in total. The molecule has 2 rings (SSSR count). The first kappa shape index (κ1) is 17.5. The predicted octanol–water partition coefficient (Wildman–Crippen LogP) is 2.87. The largest absolute Gasteiger partial charge is 0.444 e. The zero-order chi connectivity index (χ0) is 17.0. The molecule has 0 aromatic carbocycles. The molecule has 1 aromatic rings. The Balaban J connectivity index is 1.94. The second kappa shape index (κ2) is 7.15. The molecule has 0 aliphatic carbocycles. The molecular formula is C17H28N4O2. The summed E-state index contributed by atoms with van der Waals surface area (Å²) in [6.45, 7) is 10.0. The van der Waals surface area contributed by atoms with Gasteiger partial charge >= 0.3 is 6.09 Å². The highest BCUT2D eigenvalue weighted by Crippen LogP contribution is 2.22. The summed E-state index contributed by atoms with van der Waals surface area (Å²) in [5.74, 6) is 1.32. The number of carbonyl (C=O) groups excluding carboxylic acids is 1. The normalized spacial score (nSPS) is 18.7. The third-order valence-corrected chi connectivity index (χ3v) is 3.92. The van der Waals surface area contributed by atoms with Gasteiger partial charge in [0, 0.05) is 39.1 Å². The molecule has 1 saturated heterocycles. The quantitative estimate of drug-likeness (QED) is 0.857. The Morgan fingerprint density at radius 1 is 1.39 bits per heavy atom. The van der Waals surface area contributed by atoms with E-state index >= 15 is 0 Å². The van der Waals surface area contributed by atoms with Crippen LogP contribution in [0.1, 0.15) is 39.3 Å². The maximum Gasteiger partial charge on any atom is 0.410 e. The van der Waals surface area contributed by atoms with Crippen LogP contribution in [0.2, 0.25) is 0 Å². The van der Waals surface area contributed by atoms with E-state index in [1.165, 1.54) is 0 Å². The van der Waals surface area contributed by atoms with Gasteiger partial charge in [0.05, 0.1) is 5.69 Å². The first-order chi connectivity index (χ1) is 10.8. The van der Waals surface area contributed by atoms with Crippen LogP contribution >= 0.6 is 0 Å². The number of hydrogen-bond acceptors (Lipinski definition) is 5. The minimum atomic E-state index is -0.447. The van der Waals surface area contributed by atoms with E-state index in [1.807, 2.05) is 39.6 Å². The Bertz CT molecular complexity index is 542. The number of rotatable bonds is 3. The van der Waals surface area contributed by atoms with Crippen LogP contribution in [0.3, 0.4) is 0 Å². The lowest BCUT2D eigenvalue weighted by atomic mass is 9.98. The molecule has 1 atom stereocenters. The molecule has 0 N–H and O–H groups in total. The van der Waals surface area contributed by atoms with Crippen LogP contribution in [-0.2, 0) is 4.74 Å². The number of aryl methyl sites for hydroxylation is 1. The van der Waals surface area contributed by atoms with Gasteiger partial charge in [-0.05, 0) is 46.5 Å². The average Bonchev–Trinajstić information content (AvgIpc) is 2.46. The number of hydrogen-bond donors (Lipinski definition) is 0. The second-order valence-corrected chi connectivity index (χ2v) is 7.28. The lowest BCUT2D eigenvalue weighted by Gasteiger charge is -2.36. The SMILES string of the molecule is Cc1nccnc1N(C)C[C@H]1CCCN(C(=O)OC(C)(C)C)C1. The number of nitrogens with zero attached hydrogens (tertiary/aromatic N) is 4. The molecule has 0 unspecified atom stereocenters. The zero-order valence-electron chi connectivity index (χ0n) is 14.9. The Morgan fingerprint density at radius 3 is 2.74 bits per heavy atom. The van der Waals surface area contributed by atoms with Gasteiger partial charge < -0.3 is 14.5 Å². The van der Waals surface area contributed by atoms with Crippen LogP contribution in [-0.4, -0.2) is 53.2 Å². The van der Waals surface area contributed by atoms with Crippen molar-refractivity contribution in [2.75, 3.05) is 31.6 Å². The standard InChI is InChI=1S/C17H28N4O2/c1-13-15(19-9-8-18-13)20(5)11-14-7-6-10-21(12-14)16(22)23-17(2,3)4/h8-9,14H,6-7,10-12H2,1-5H3/t14-/m1/s1. The van der Waals surface area contributed by atoms with Crippen LogP contribution in [0, 0.1) is 12.8 Å². The van der Waals surface area contributed by atoms with Crippen molar-refractivity contribution < 1.29 is 9.53 Å². The van der Waals surface area contributed by atoms with Crippen molar-refractivity contribution in [1.29, 1.82) is 0 Å².